The molecule has 2 rings (SSSR count). The van der Waals surface area contributed by atoms with Crippen LogP contribution in [0.15, 0.2) is 33.7 Å². The SMILES string of the molecule is Cc1nc(CSc2ccc(CNC(C)(C)C)cc2)no1. The molecule has 0 aliphatic carbocycles. The molecule has 0 aliphatic rings. The maximum absolute atomic E-state index is 4.95. The Labute approximate surface area is 124 Å². The van der Waals surface area contributed by atoms with E-state index in [4.69, 9.17) is 4.52 Å². The van der Waals surface area contributed by atoms with Crippen molar-refractivity contribution in [1.29, 1.82) is 0 Å². The largest absolute Gasteiger partial charge is 0.340 e. The molecular formula is C15H21N3OS. The van der Waals surface area contributed by atoms with Gasteiger partial charge in [0.25, 0.3) is 0 Å². The van der Waals surface area contributed by atoms with Gasteiger partial charge in [-0.25, -0.2) is 0 Å². The smallest absolute Gasteiger partial charge is 0.223 e. The first-order chi connectivity index (χ1) is 9.42. The predicted octanol–water partition coefficient (Wildman–Crippen LogP) is 3.56. The number of hydrogen-bond donors (Lipinski definition) is 1. The maximum atomic E-state index is 4.95. The summed E-state index contributed by atoms with van der Waals surface area (Å²) in [6, 6.07) is 8.58. The van der Waals surface area contributed by atoms with Gasteiger partial charge in [0.2, 0.25) is 5.89 Å². The second kappa shape index (κ2) is 6.41. The Kier molecular flexibility index (Phi) is 4.83. The fourth-order valence-electron chi connectivity index (χ4n) is 1.62. The highest BCUT2D eigenvalue weighted by molar-refractivity contribution is 7.98. The minimum Gasteiger partial charge on any atom is -0.340 e. The van der Waals surface area contributed by atoms with Crippen molar-refractivity contribution in [3.8, 4) is 0 Å². The van der Waals surface area contributed by atoms with Crippen LogP contribution in [0.4, 0.5) is 0 Å². The topological polar surface area (TPSA) is 51.0 Å². The average Bonchev–Trinajstić information content (AvgIpc) is 2.80. The van der Waals surface area contributed by atoms with E-state index in [2.05, 4.69) is 60.5 Å². The summed E-state index contributed by atoms with van der Waals surface area (Å²) in [6.45, 7) is 9.20. The lowest BCUT2D eigenvalue weighted by Crippen LogP contribution is -2.35. The number of hydrogen-bond acceptors (Lipinski definition) is 5. The Morgan fingerprint density at radius 2 is 1.90 bits per heavy atom. The molecule has 5 heteroatoms. The number of nitrogens with zero attached hydrogens (tertiary/aromatic N) is 2. The zero-order chi connectivity index (χ0) is 14.6. The van der Waals surface area contributed by atoms with E-state index in [1.54, 1.807) is 18.7 Å². The zero-order valence-corrected chi connectivity index (χ0v) is 13.3. The third kappa shape index (κ3) is 4.98. The summed E-state index contributed by atoms with van der Waals surface area (Å²) in [5, 5.41) is 7.37. The van der Waals surface area contributed by atoms with Gasteiger partial charge in [-0.1, -0.05) is 17.3 Å². The number of rotatable bonds is 5. The maximum Gasteiger partial charge on any atom is 0.223 e. The summed E-state index contributed by atoms with van der Waals surface area (Å²) in [7, 11) is 0. The Morgan fingerprint density at radius 1 is 1.20 bits per heavy atom. The average molecular weight is 291 g/mol. The quantitative estimate of drug-likeness (QED) is 0.854. The molecule has 0 spiro atoms. The van der Waals surface area contributed by atoms with Crippen LogP contribution in [0.2, 0.25) is 0 Å². The van der Waals surface area contributed by atoms with E-state index in [9.17, 15) is 0 Å². The first-order valence-corrected chi connectivity index (χ1v) is 7.67. The van der Waals surface area contributed by atoms with E-state index in [0.29, 0.717) is 5.89 Å². The van der Waals surface area contributed by atoms with Crippen molar-refractivity contribution in [3.63, 3.8) is 0 Å². The Balaban J connectivity index is 1.85. The molecule has 0 radical (unpaired) electrons. The van der Waals surface area contributed by atoms with Gasteiger partial charge in [0.1, 0.15) is 0 Å². The number of aryl methyl sites for hydroxylation is 1. The van der Waals surface area contributed by atoms with E-state index < -0.39 is 0 Å². The van der Waals surface area contributed by atoms with Gasteiger partial charge in [-0.15, -0.1) is 11.8 Å². The number of aromatic nitrogens is 2. The number of benzene rings is 1. The second-order valence-corrected chi connectivity index (χ2v) is 6.81. The predicted molar refractivity (Wildman–Crippen MR) is 81.6 cm³/mol. The van der Waals surface area contributed by atoms with E-state index in [0.717, 1.165) is 18.1 Å². The Morgan fingerprint density at radius 3 is 2.45 bits per heavy atom. The van der Waals surface area contributed by atoms with Crippen LogP contribution in [0.25, 0.3) is 0 Å². The van der Waals surface area contributed by atoms with Crippen molar-refractivity contribution in [2.45, 2.75) is 50.4 Å². The van der Waals surface area contributed by atoms with Gasteiger partial charge in [-0.05, 0) is 38.5 Å². The highest BCUT2D eigenvalue weighted by Crippen LogP contribution is 2.22. The van der Waals surface area contributed by atoms with Crippen molar-refractivity contribution >= 4 is 11.8 Å². The van der Waals surface area contributed by atoms with Gasteiger partial charge in [-0.2, -0.15) is 4.98 Å². The molecule has 0 aliphatic heterocycles. The minimum absolute atomic E-state index is 0.143. The molecule has 0 atom stereocenters. The molecule has 0 unspecified atom stereocenters. The first kappa shape index (κ1) is 15.1. The molecule has 0 saturated heterocycles. The minimum atomic E-state index is 0.143. The highest BCUT2D eigenvalue weighted by atomic mass is 32.2. The van der Waals surface area contributed by atoms with Crippen LogP contribution in [-0.2, 0) is 12.3 Å². The lowest BCUT2D eigenvalue weighted by Gasteiger charge is -2.20. The summed E-state index contributed by atoms with van der Waals surface area (Å²) in [4.78, 5) is 5.41. The van der Waals surface area contributed by atoms with Crippen LogP contribution in [0, 0.1) is 6.92 Å². The van der Waals surface area contributed by atoms with Crippen LogP contribution in [-0.4, -0.2) is 15.7 Å². The van der Waals surface area contributed by atoms with Gasteiger partial charge >= 0.3 is 0 Å². The van der Waals surface area contributed by atoms with Gasteiger partial charge in [-0.3, -0.25) is 0 Å². The van der Waals surface area contributed by atoms with Crippen molar-refractivity contribution in [2.75, 3.05) is 0 Å². The molecule has 20 heavy (non-hydrogen) atoms. The first-order valence-electron chi connectivity index (χ1n) is 6.68. The third-order valence-corrected chi connectivity index (χ3v) is 3.69. The molecule has 4 nitrogen and oxygen atoms in total. The standard InChI is InChI=1S/C15H21N3OS/c1-11-17-14(18-19-11)10-20-13-7-5-12(6-8-13)9-16-15(2,3)4/h5-8,16H,9-10H2,1-4H3. The molecule has 0 fully saturated rings. The molecule has 1 aromatic heterocycles. The molecule has 1 N–H and O–H groups in total. The van der Waals surface area contributed by atoms with Crippen LogP contribution in [0.3, 0.4) is 0 Å². The zero-order valence-electron chi connectivity index (χ0n) is 12.4. The lowest BCUT2D eigenvalue weighted by molar-refractivity contribution is 0.389. The summed E-state index contributed by atoms with van der Waals surface area (Å²) >= 11 is 1.71. The fourth-order valence-corrected chi connectivity index (χ4v) is 2.36. The summed E-state index contributed by atoms with van der Waals surface area (Å²) in [5.74, 6) is 2.09. The van der Waals surface area contributed by atoms with Gasteiger partial charge < -0.3 is 9.84 Å². The molecule has 0 saturated carbocycles. The summed E-state index contributed by atoms with van der Waals surface area (Å²) < 4.78 is 4.95. The van der Waals surface area contributed by atoms with Gasteiger partial charge in [0.15, 0.2) is 5.82 Å². The van der Waals surface area contributed by atoms with Crippen molar-refractivity contribution in [3.05, 3.63) is 41.5 Å². The number of nitrogens with one attached hydrogen (secondary N) is 1. The van der Waals surface area contributed by atoms with Gasteiger partial charge in [0, 0.05) is 23.9 Å². The van der Waals surface area contributed by atoms with Gasteiger partial charge in [0.05, 0.1) is 5.75 Å². The molecule has 2 aromatic rings. The van der Waals surface area contributed by atoms with Crippen molar-refractivity contribution < 1.29 is 4.52 Å². The monoisotopic (exact) mass is 291 g/mol. The molecule has 108 valence electrons. The Bertz CT molecular complexity index is 543. The molecule has 0 amide bonds. The van der Waals surface area contributed by atoms with E-state index in [1.807, 2.05) is 0 Å². The van der Waals surface area contributed by atoms with Crippen LogP contribution < -0.4 is 5.32 Å². The normalized spacial score (nSPS) is 11.8. The van der Waals surface area contributed by atoms with E-state index >= 15 is 0 Å². The van der Waals surface area contributed by atoms with Crippen LogP contribution in [0.5, 0.6) is 0 Å². The second-order valence-electron chi connectivity index (χ2n) is 5.77. The fraction of sp³-hybridized carbons (Fsp3) is 0.467. The highest BCUT2D eigenvalue weighted by Gasteiger charge is 2.08. The van der Waals surface area contributed by atoms with E-state index in [-0.39, 0.29) is 5.54 Å². The summed E-state index contributed by atoms with van der Waals surface area (Å²) in [5.41, 5.74) is 1.43. The van der Waals surface area contributed by atoms with Crippen LogP contribution >= 0.6 is 11.8 Å². The van der Waals surface area contributed by atoms with Crippen molar-refractivity contribution in [2.24, 2.45) is 0 Å². The third-order valence-electron chi connectivity index (χ3n) is 2.68. The lowest BCUT2D eigenvalue weighted by atomic mass is 10.1. The number of thioether (sulfide) groups is 1. The molecule has 1 aromatic carbocycles. The molecular weight excluding hydrogens is 270 g/mol. The van der Waals surface area contributed by atoms with Crippen molar-refractivity contribution in [1.82, 2.24) is 15.5 Å². The Hall–Kier alpha value is -1.33. The summed E-state index contributed by atoms with van der Waals surface area (Å²) in [6.07, 6.45) is 0. The molecule has 1 heterocycles. The molecule has 0 bridgehead atoms. The van der Waals surface area contributed by atoms with Crippen LogP contribution in [0.1, 0.15) is 38.0 Å². The van der Waals surface area contributed by atoms with E-state index in [1.165, 1.54) is 10.5 Å².